The second-order valence-corrected chi connectivity index (χ2v) is 6.98. The molecule has 0 aromatic heterocycles. The van der Waals surface area contributed by atoms with Gasteiger partial charge < -0.3 is 19.5 Å². The van der Waals surface area contributed by atoms with Gasteiger partial charge in [0.15, 0.2) is 17.3 Å². The van der Waals surface area contributed by atoms with Gasteiger partial charge in [-0.2, -0.15) is 0 Å². The summed E-state index contributed by atoms with van der Waals surface area (Å²) in [6.07, 6.45) is 3.21. The molecule has 1 heterocycles. The molecule has 1 saturated heterocycles. The fraction of sp³-hybridized carbons (Fsp3) is 0.348. The van der Waals surface area contributed by atoms with Crippen molar-refractivity contribution >= 4 is 11.9 Å². The van der Waals surface area contributed by atoms with Crippen molar-refractivity contribution in [3.05, 3.63) is 58.9 Å². The van der Waals surface area contributed by atoms with Crippen LogP contribution in [0.1, 0.15) is 21.5 Å². The van der Waals surface area contributed by atoms with Crippen LogP contribution >= 0.6 is 0 Å². The molecule has 1 N–H and O–H groups in total. The minimum absolute atomic E-state index is 0.216. The zero-order valence-electron chi connectivity index (χ0n) is 17.5. The molecule has 0 aliphatic carbocycles. The molecule has 30 heavy (non-hydrogen) atoms. The summed E-state index contributed by atoms with van der Waals surface area (Å²) in [7, 11) is 4.51. The highest BCUT2D eigenvalue weighted by Gasteiger charge is 2.16. The highest BCUT2D eigenvalue weighted by Crippen LogP contribution is 2.38. The van der Waals surface area contributed by atoms with Crippen LogP contribution in [0.25, 0.3) is 6.08 Å². The van der Waals surface area contributed by atoms with Crippen LogP contribution in [0.2, 0.25) is 0 Å². The van der Waals surface area contributed by atoms with Crippen molar-refractivity contribution in [2.75, 3.05) is 47.5 Å². The van der Waals surface area contributed by atoms with Gasteiger partial charge >= 0.3 is 0 Å². The molecule has 0 atom stereocenters. The second kappa shape index (κ2) is 10.2. The third-order valence-electron chi connectivity index (χ3n) is 5.07. The normalized spacial score (nSPS) is 14.7. The number of nitrogens with zero attached hydrogens (tertiary/aromatic N) is 1. The monoisotopic (exact) mass is 414 g/mol. The summed E-state index contributed by atoms with van der Waals surface area (Å²) in [4.78, 5) is 15.1. The molecule has 160 valence electrons. The van der Waals surface area contributed by atoms with Gasteiger partial charge in [-0.1, -0.05) is 12.1 Å². The van der Waals surface area contributed by atoms with Crippen LogP contribution in [0.15, 0.2) is 36.4 Å². The largest absolute Gasteiger partial charge is 0.493 e. The lowest BCUT2D eigenvalue weighted by atomic mass is 10.0. The fourth-order valence-electron chi connectivity index (χ4n) is 3.47. The number of benzene rings is 2. The number of rotatable bonds is 8. The Bertz CT molecular complexity index is 898. The van der Waals surface area contributed by atoms with Crippen molar-refractivity contribution in [2.45, 2.75) is 6.54 Å². The molecule has 7 heteroatoms. The molecule has 0 radical (unpaired) electrons. The van der Waals surface area contributed by atoms with E-state index in [2.05, 4.69) is 10.2 Å². The number of ether oxygens (including phenoxy) is 3. The zero-order chi connectivity index (χ0) is 21.5. The summed E-state index contributed by atoms with van der Waals surface area (Å²) in [5.74, 6) is 0.752. The number of piperazine rings is 1. The van der Waals surface area contributed by atoms with Crippen molar-refractivity contribution in [1.82, 2.24) is 10.2 Å². The summed E-state index contributed by atoms with van der Waals surface area (Å²) in [6.45, 7) is 4.28. The average molecular weight is 414 g/mol. The first-order valence-electron chi connectivity index (χ1n) is 9.79. The molecule has 0 unspecified atom stereocenters. The van der Waals surface area contributed by atoms with Gasteiger partial charge in [0.25, 0.3) is 0 Å². The highest BCUT2D eigenvalue weighted by atomic mass is 19.1. The number of halogens is 1. The number of hydrogen-bond donors (Lipinski definition) is 1. The third-order valence-corrected chi connectivity index (χ3v) is 5.07. The fourth-order valence-corrected chi connectivity index (χ4v) is 3.47. The summed E-state index contributed by atoms with van der Waals surface area (Å²) < 4.78 is 29.8. The minimum atomic E-state index is -0.284. The van der Waals surface area contributed by atoms with E-state index in [-0.39, 0.29) is 11.6 Å². The van der Waals surface area contributed by atoms with E-state index < -0.39 is 0 Å². The molecule has 2 aromatic rings. The van der Waals surface area contributed by atoms with Gasteiger partial charge in [0.2, 0.25) is 5.75 Å². The Labute approximate surface area is 176 Å². The van der Waals surface area contributed by atoms with E-state index in [1.165, 1.54) is 39.5 Å². The zero-order valence-corrected chi connectivity index (χ0v) is 17.5. The summed E-state index contributed by atoms with van der Waals surface area (Å²) >= 11 is 0. The molecule has 3 rings (SSSR count). The molecule has 1 aliphatic rings. The van der Waals surface area contributed by atoms with Gasteiger partial charge in [0.1, 0.15) is 5.82 Å². The second-order valence-electron chi connectivity index (χ2n) is 6.98. The number of hydrogen-bond acceptors (Lipinski definition) is 6. The molecule has 0 amide bonds. The molecule has 1 aliphatic heterocycles. The Morgan fingerprint density at radius 1 is 1.07 bits per heavy atom. The standard InChI is InChI=1S/C23H27FN2O4/c1-28-21-13-17(14-22(29-2)23(21)30-3)20(27)7-5-16-4-6-19(24)12-18(16)15-26-10-8-25-9-11-26/h4-7,12-14,25H,8-11,15H2,1-3H3/b7-5+. The van der Waals surface area contributed by atoms with E-state index in [4.69, 9.17) is 14.2 Å². The summed E-state index contributed by atoms with van der Waals surface area (Å²) in [5, 5.41) is 3.31. The van der Waals surface area contributed by atoms with E-state index in [1.807, 2.05) is 0 Å². The van der Waals surface area contributed by atoms with E-state index >= 15 is 0 Å². The molecular weight excluding hydrogens is 387 g/mol. The third kappa shape index (κ3) is 5.17. The van der Waals surface area contributed by atoms with Crippen molar-refractivity contribution in [2.24, 2.45) is 0 Å². The Morgan fingerprint density at radius 2 is 1.73 bits per heavy atom. The molecule has 2 aromatic carbocycles. The first kappa shape index (κ1) is 21.8. The van der Waals surface area contributed by atoms with Crippen LogP contribution in [0.3, 0.4) is 0 Å². The van der Waals surface area contributed by atoms with Gasteiger partial charge in [-0.05, 0) is 41.5 Å². The van der Waals surface area contributed by atoms with Crippen molar-refractivity contribution in [3.8, 4) is 17.2 Å². The number of carbonyl (C=O) groups excluding carboxylic acids is 1. The maximum Gasteiger partial charge on any atom is 0.203 e. The SMILES string of the molecule is COc1cc(C(=O)/C=C/c2ccc(F)cc2CN2CCNCC2)cc(OC)c1OC. The van der Waals surface area contributed by atoms with Gasteiger partial charge in [-0.25, -0.2) is 4.39 Å². The number of carbonyl (C=O) groups is 1. The average Bonchev–Trinajstić information content (AvgIpc) is 2.77. The van der Waals surface area contributed by atoms with Crippen LogP contribution in [0.5, 0.6) is 17.2 Å². The predicted octanol–water partition coefficient (Wildman–Crippen LogP) is 3.15. The quantitative estimate of drug-likeness (QED) is 0.529. The molecule has 0 bridgehead atoms. The van der Waals surface area contributed by atoms with Gasteiger partial charge in [0, 0.05) is 38.3 Å². The number of methoxy groups -OCH3 is 3. The molecule has 0 saturated carbocycles. The van der Waals surface area contributed by atoms with E-state index in [1.54, 1.807) is 24.3 Å². The molecule has 0 spiro atoms. The summed E-state index contributed by atoms with van der Waals surface area (Å²) in [5.41, 5.74) is 2.08. The van der Waals surface area contributed by atoms with Crippen LogP contribution in [-0.4, -0.2) is 58.2 Å². The lowest BCUT2D eigenvalue weighted by Gasteiger charge is -2.27. The number of allylic oxidation sites excluding steroid dienone is 1. The lowest BCUT2D eigenvalue weighted by Crippen LogP contribution is -2.43. The Hall–Kier alpha value is -2.90. The van der Waals surface area contributed by atoms with E-state index in [0.29, 0.717) is 29.4 Å². The number of ketones is 1. The maximum atomic E-state index is 13.8. The molecule has 1 fully saturated rings. The van der Waals surface area contributed by atoms with Crippen LogP contribution in [0.4, 0.5) is 4.39 Å². The molecule has 6 nitrogen and oxygen atoms in total. The van der Waals surface area contributed by atoms with Gasteiger partial charge in [0.05, 0.1) is 21.3 Å². The van der Waals surface area contributed by atoms with Crippen LogP contribution < -0.4 is 19.5 Å². The first-order chi connectivity index (χ1) is 14.5. The van der Waals surface area contributed by atoms with E-state index in [0.717, 1.165) is 37.3 Å². The summed E-state index contributed by atoms with van der Waals surface area (Å²) in [6, 6.07) is 7.86. The Kier molecular flexibility index (Phi) is 7.43. The topological polar surface area (TPSA) is 60.0 Å². The highest BCUT2D eigenvalue weighted by molar-refractivity contribution is 6.07. The minimum Gasteiger partial charge on any atom is -0.493 e. The number of nitrogens with one attached hydrogen (secondary N) is 1. The predicted molar refractivity (Wildman–Crippen MR) is 114 cm³/mol. The van der Waals surface area contributed by atoms with Crippen molar-refractivity contribution < 1.29 is 23.4 Å². The Morgan fingerprint density at radius 3 is 2.33 bits per heavy atom. The Balaban J connectivity index is 1.84. The van der Waals surface area contributed by atoms with Crippen molar-refractivity contribution in [1.29, 1.82) is 0 Å². The van der Waals surface area contributed by atoms with Gasteiger partial charge in [-0.3, -0.25) is 9.69 Å². The first-order valence-corrected chi connectivity index (χ1v) is 9.79. The maximum absolute atomic E-state index is 13.8. The van der Waals surface area contributed by atoms with E-state index in [9.17, 15) is 9.18 Å². The van der Waals surface area contributed by atoms with Crippen molar-refractivity contribution in [3.63, 3.8) is 0 Å². The smallest absolute Gasteiger partial charge is 0.203 e. The lowest BCUT2D eigenvalue weighted by molar-refractivity contribution is 0.104. The van der Waals surface area contributed by atoms with Crippen LogP contribution in [0, 0.1) is 5.82 Å². The van der Waals surface area contributed by atoms with Crippen LogP contribution in [-0.2, 0) is 6.54 Å². The van der Waals surface area contributed by atoms with Gasteiger partial charge in [-0.15, -0.1) is 0 Å². The molecular formula is C23H27FN2O4.